The van der Waals surface area contributed by atoms with E-state index in [1.807, 2.05) is 0 Å². The largest absolute Gasteiger partial charge is 0.435 e. The molecule has 1 fully saturated rings. The maximum Gasteiger partial charge on any atom is 0.435 e. The SMILES string of the molecule is CS(=O)(=O)c1ccc(-n2nc(C(F)(F)F)cc2NCC2CC2)nc1. The van der Waals surface area contributed by atoms with Crippen molar-refractivity contribution >= 4 is 15.7 Å². The normalized spacial score (nSPS) is 15.5. The summed E-state index contributed by atoms with van der Waals surface area (Å²) in [5.41, 5.74) is -1.03. The molecular weight excluding hydrogens is 345 g/mol. The molecule has 130 valence electrons. The van der Waals surface area contributed by atoms with E-state index in [-0.39, 0.29) is 16.5 Å². The molecule has 2 aromatic heterocycles. The van der Waals surface area contributed by atoms with E-state index in [0.29, 0.717) is 12.5 Å². The molecule has 1 aliphatic rings. The molecule has 0 radical (unpaired) electrons. The molecule has 24 heavy (non-hydrogen) atoms. The first-order valence-corrected chi connectivity index (χ1v) is 9.11. The number of alkyl halides is 3. The monoisotopic (exact) mass is 360 g/mol. The molecule has 2 aromatic rings. The fourth-order valence-corrected chi connectivity index (χ4v) is 2.67. The minimum absolute atomic E-state index is 0.0121. The number of hydrogen-bond donors (Lipinski definition) is 1. The van der Waals surface area contributed by atoms with Crippen LogP contribution in [0.25, 0.3) is 5.82 Å². The molecule has 1 N–H and O–H groups in total. The quantitative estimate of drug-likeness (QED) is 0.887. The van der Waals surface area contributed by atoms with Gasteiger partial charge in [-0.05, 0) is 30.9 Å². The van der Waals surface area contributed by atoms with Crippen molar-refractivity contribution in [2.75, 3.05) is 18.1 Å². The van der Waals surface area contributed by atoms with Gasteiger partial charge in [0.1, 0.15) is 5.82 Å². The Hall–Kier alpha value is -2.10. The highest BCUT2D eigenvalue weighted by Gasteiger charge is 2.35. The van der Waals surface area contributed by atoms with E-state index in [2.05, 4.69) is 15.4 Å². The second kappa shape index (κ2) is 5.76. The van der Waals surface area contributed by atoms with Gasteiger partial charge in [0, 0.05) is 25.1 Å². The molecule has 3 rings (SSSR count). The van der Waals surface area contributed by atoms with Crippen LogP contribution in [0.1, 0.15) is 18.5 Å². The van der Waals surface area contributed by atoms with Crippen molar-refractivity contribution in [1.29, 1.82) is 0 Å². The summed E-state index contributed by atoms with van der Waals surface area (Å²) in [6.07, 6.45) is -0.344. The van der Waals surface area contributed by atoms with Crippen LogP contribution in [-0.4, -0.2) is 36.0 Å². The maximum absolute atomic E-state index is 12.9. The highest BCUT2D eigenvalue weighted by atomic mass is 32.2. The second-order valence-electron chi connectivity index (χ2n) is 5.77. The van der Waals surface area contributed by atoms with Crippen LogP contribution < -0.4 is 5.32 Å². The zero-order valence-electron chi connectivity index (χ0n) is 12.7. The zero-order valence-corrected chi connectivity index (χ0v) is 13.5. The van der Waals surface area contributed by atoms with Gasteiger partial charge in [-0.15, -0.1) is 0 Å². The van der Waals surface area contributed by atoms with Gasteiger partial charge in [-0.25, -0.2) is 13.4 Å². The molecule has 1 saturated carbocycles. The zero-order chi connectivity index (χ0) is 17.5. The molecule has 0 aromatic carbocycles. The lowest BCUT2D eigenvalue weighted by molar-refractivity contribution is -0.141. The Labute approximate surface area is 136 Å². The fraction of sp³-hybridized carbons (Fsp3) is 0.429. The molecule has 0 saturated heterocycles. The molecule has 0 atom stereocenters. The Morgan fingerprint density at radius 1 is 1.33 bits per heavy atom. The van der Waals surface area contributed by atoms with Gasteiger partial charge >= 0.3 is 6.18 Å². The standard InChI is InChI=1S/C14H15F3N4O2S/c1-24(22,23)10-4-5-12(19-8-10)21-13(18-7-9-2-3-9)6-11(20-21)14(15,16)17/h4-6,8-9,18H,2-3,7H2,1H3. The summed E-state index contributed by atoms with van der Waals surface area (Å²) in [7, 11) is -3.43. The van der Waals surface area contributed by atoms with Gasteiger partial charge in [0.05, 0.1) is 4.90 Å². The van der Waals surface area contributed by atoms with Crippen LogP contribution >= 0.6 is 0 Å². The summed E-state index contributed by atoms with van der Waals surface area (Å²) in [5, 5.41) is 6.51. The lowest BCUT2D eigenvalue weighted by Crippen LogP contribution is -2.11. The summed E-state index contributed by atoms with van der Waals surface area (Å²) in [5.74, 6) is 0.744. The lowest BCUT2D eigenvalue weighted by Gasteiger charge is -2.09. The van der Waals surface area contributed by atoms with Crippen molar-refractivity contribution in [1.82, 2.24) is 14.8 Å². The third-order valence-electron chi connectivity index (χ3n) is 3.63. The average Bonchev–Trinajstić information content (AvgIpc) is 3.21. The van der Waals surface area contributed by atoms with Gasteiger partial charge in [-0.2, -0.15) is 23.0 Å². The predicted octanol–water partition coefficient (Wildman–Crippen LogP) is 2.51. The van der Waals surface area contributed by atoms with E-state index in [1.54, 1.807) is 0 Å². The van der Waals surface area contributed by atoms with Gasteiger partial charge in [0.25, 0.3) is 0 Å². The van der Waals surface area contributed by atoms with Crippen LogP contribution in [0.2, 0.25) is 0 Å². The third kappa shape index (κ3) is 3.69. The molecule has 0 aliphatic heterocycles. The highest BCUT2D eigenvalue weighted by Crippen LogP contribution is 2.33. The Morgan fingerprint density at radius 3 is 2.54 bits per heavy atom. The van der Waals surface area contributed by atoms with Crippen molar-refractivity contribution in [2.45, 2.75) is 23.9 Å². The maximum atomic E-state index is 12.9. The number of anilines is 1. The minimum atomic E-state index is -4.58. The van der Waals surface area contributed by atoms with Crippen LogP contribution in [0.15, 0.2) is 29.3 Å². The lowest BCUT2D eigenvalue weighted by atomic mass is 10.4. The van der Waals surface area contributed by atoms with Crippen LogP contribution in [0.5, 0.6) is 0 Å². The number of rotatable bonds is 5. The first-order chi connectivity index (χ1) is 11.1. The first-order valence-electron chi connectivity index (χ1n) is 7.22. The number of nitrogens with zero attached hydrogens (tertiary/aromatic N) is 3. The molecule has 2 heterocycles. The second-order valence-corrected chi connectivity index (χ2v) is 7.79. The van der Waals surface area contributed by atoms with Crippen molar-refractivity contribution in [3.05, 3.63) is 30.1 Å². The molecule has 0 amide bonds. The number of halogens is 3. The van der Waals surface area contributed by atoms with Crippen molar-refractivity contribution < 1.29 is 21.6 Å². The Morgan fingerprint density at radius 2 is 2.04 bits per heavy atom. The van der Waals surface area contributed by atoms with Crippen molar-refractivity contribution in [3.8, 4) is 5.82 Å². The number of pyridine rings is 1. The first kappa shape index (κ1) is 16.7. The van der Waals surface area contributed by atoms with Crippen LogP contribution in [-0.2, 0) is 16.0 Å². The predicted molar refractivity (Wildman–Crippen MR) is 80.7 cm³/mol. The van der Waals surface area contributed by atoms with E-state index < -0.39 is 21.7 Å². The molecular formula is C14H15F3N4O2S. The summed E-state index contributed by atoms with van der Waals surface area (Å²) in [4.78, 5) is 3.92. The van der Waals surface area contributed by atoms with Crippen LogP contribution in [0.4, 0.5) is 19.0 Å². The van der Waals surface area contributed by atoms with E-state index in [4.69, 9.17) is 0 Å². The van der Waals surface area contributed by atoms with Gasteiger partial charge in [0.2, 0.25) is 0 Å². The summed E-state index contributed by atoms with van der Waals surface area (Å²) >= 11 is 0. The topological polar surface area (TPSA) is 76.9 Å². The number of hydrogen-bond acceptors (Lipinski definition) is 5. The van der Waals surface area contributed by atoms with E-state index in [1.165, 1.54) is 12.1 Å². The Bertz CT molecular complexity index is 840. The van der Waals surface area contributed by atoms with E-state index in [0.717, 1.165) is 36.0 Å². The summed E-state index contributed by atoms with van der Waals surface area (Å²) in [6, 6.07) is 3.54. The van der Waals surface area contributed by atoms with E-state index >= 15 is 0 Å². The molecule has 1 aliphatic carbocycles. The highest BCUT2D eigenvalue weighted by molar-refractivity contribution is 7.90. The fourth-order valence-electron chi connectivity index (χ4n) is 2.11. The number of aromatic nitrogens is 3. The Balaban J connectivity index is 1.96. The smallest absolute Gasteiger partial charge is 0.370 e. The van der Waals surface area contributed by atoms with Gasteiger partial charge in [-0.1, -0.05) is 0 Å². The Kier molecular flexibility index (Phi) is 4.02. The van der Waals surface area contributed by atoms with Crippen LogP contribution in [0.3, 0.4) is 0 Å². The number of sulfone groups is 1. The van der Waals surface area contributed by atoms with Crippen LogP contribution in [0, 0.1) is 5.92 Å². The summed E-state index contributed by atoms with van der Waals surface area (Å²) < 4.78 is 62.7. The third-order valence-corrected chi connectivity index (χ3v) is 4.73. The molecule has 0 bridgehead atoms. The van der Waals surface area contributed by atoms with Gasteiger partial charge in [0.15, 0.2) is 21.3 Å². The molecule has 6 nitrogen and oxygen atoms in total. The number of nitrogens with one attached hydrogen (secondary N) is 1. The molecule has 0 spiro atoms. The minimum Gasteiger partial charge on any atom is -0.370 e. The average molecular weight is 360 g/mol. The molecule has 10 heteroatoms. The van der Waals surface area contributed by atoms with Crippen molar-refractivity contribution in [3.63, 3.8) is 0 Å². The van der Waals surface area contributed by atoms with Gasteiger partial charge in [-0.3, -0.25) is 0 Å². The molecule has 0 unspecified atom stereocenters. The van der Waals surface area contributed by atoms with Gasteiger partial charge < -0.3 is 5.32 Å². The van der Waals surface area contributed by atoms with E-state index in [9.17, 15) is 21.6 Å². The van der Waals surface area contributed by atoms with Crippen molar-refractivity contribution in [2.24, 2.45) is 5.92 Å². The summed E-state index contributed by atoms with van der Waals surface area (Å²) in [6.45, 7) is 0.560.